The van der Waals surface area contributed by atoms with Crippen LogP contribution in [0.5, 0.6) is 0 Å². The van der Waals surface area contributed by atoms with Gasteiger partial charge >= 0.3 is 0 Å². The smallest absolute Gasteiger partial charge is 0.148 e. The lowest BCUT2D eigenvalue weighted by Crippen LogP contribution is -2.23. The van der Waals surface area contributed by atoms with Gasteiger partial charge in [0.25, 0.3) is 0 Å². The molecule has 108 valence electrons. The van der Waals surface area contributed by atoms with Crippen LogP contribution in [-0.2, 0) is 6.42 Å². The molecule has 0 radical (unpaired) electrons. The number of hydrogen-bond acceptors (Lipinski definition) is 2. The maximum atomic E-state index is 14.5. The highest BCUT2D eigenvalue weighted by molar-refractivity contribution is 9.10. The van der Waals surface area contributed by atoms with Gasteiger partial charge in [-0.2, -0.15) is 0 Å². The largest absolute Gasteiger partial charge is 0.306 e. The Morgan fingerprint density at radius 2 is 2.10 bits per heavy atom. The van der Waals surface area contributed by atoms with Gasteiger partial charge in [-0.1, -0.05) is 31.5 Å². The maximum absolute atomic E-state index is 14.5. The molecule has 1 N–H and O–H groups in total. The Morgan fingerprint density at radius 3 is 2.75 bits per heavy atom. The van der Waals surface area contributed by atoms with Crippen molar-refractivity contribution >= 4 is 38.9 Å². The predicted octanol–water partition coefficient (Wildman–Crippen LogP) is 5.56. The van der Waals surface area contributed by atoms with Gasteiger partial charge in [-0.3, -0.25) is 0 Å². The van der Waals surface area contributed by atoms with Gasteiger partial charge in [0.05, 0.1) is 11.1 Å². The molecule has 0 fully saturated rings. The van der Waals surface area contributed by atoms with Crippen LogP contribution < -0.4 is 5.32 Å². The predicted molar refractivity (Wildman–Crippen MR) is 88.3 cm³/mol. The first kappa shape index (κ1) is 16.0. The number of nitrogens with one attached hydrogen (secondary N) is 1. The number of rotatable bonds is 5. The van der Waals surface area contributed by atoms with Gasteiger partial charge in [-0.05, 0) is 52.0 Å². The monoisotopic (exact) mass is 375 g/mol. The lowest BCUT2D eigenvalue weighted by Gasteiger charge is -2.20. The van der Waals surface area contributed by atoms with E-state index in [1.807, 2.05) is 6.92 Å². The molecule has 1 heterocycles. The maximum Gasteiger partial charge on any atom is 0.148 e. The lowest BCUT2D eigenvalue weighted by molar-refractivity contribution is 0.561. The van der Waals surface area contributed by atoms with Crippen LogP contribution in [-0.4, -0.2) is 6.54 Å². The van der Waals surface area contributed by atoms with Gasteiger partial charge in [-0.15, -0.1) is 11.3 Å². The molecule has 0 saturated carbocycles. The zero-order valence-electron chi connectivity index (χ0n) is 11.3. The number of halogens is 3. The summed E-state index contributed by atoms with van der Waals surface area (Å²) in [6.07, 6.45) is 0.937. The van der Waals surface area contributed by atoms with Crippen LogP contribution in [0, 0.1) is 5.82 Å². The van der Waals surface area contributed by atoms with E-state index in [0.29, 0.717) is 10.0 Å². The molecule has 2 aromatic rings. The molecule has 0 spiro atoms. The van der Waals surface area contributed by atoms with E-state index in [1.54, 1.807) is 23.5 Å². The summed E-state index contributed by atoms with van der Waals surface area (Å²) in [5.41, 5.74) is 1.84. The van der Waals surface area contributed by atoms with Gasteiger partial charge in [0.15, 0.2) is 0 Å². The summed E-state index contributed by atoms with van der Waals surface area (Å²) >= 11 is 10.9. The average molecular weight is 377 g/mol. The summed E-state index contributed by atoms with van der Waals surface area (Å²) in [7, 11) is 0. The van der Waals surface area contributed by atoms with Crippen LogP contribution in [0.25, 0.3) is 0 Å². The first-order chi connectivity index (χ1) is 9.60. The van der Waals surface area contributed by atoms with E-state index in [-0.39, 0.29) is 16.9 Å². The van der Waals surface area contributed by atoms with E-state index in [0.717, 1.165) is 17.8 Å². The highest BCUT2D eigenvalue weighted by Gasteiger charge is 2.22. The van der Waals surface area contributed by atoms with Crippen molar-refractivity contribution in [3.8, 4) is 0 Å². The fourth-order valence-electron chi connectivity index (χ4n) is 2.20. The minimum Gasteiger partial charge on any atom is -0.306 e. The zero-order valence-corrected chi connectivity index (χ0v) is 14.5. The van der Waals surface area contributed by atoms with Crippen molar-refractivity contribution < 1.29 is 4.39 Å². The van der Waals surface area contributed by atoms with Crippen molar-refractivity contribution in [1.29, 1.82) is 0 Å². The fraction of sp³-hybridized carbons (Fsp3) is 0.333. The minimum atomic E-state index is -0.359. The fourth-order valence-corrected chi connectivity index (χ4v) is 3.77. The molecule has 5 heteroatoms. The van der Waals surface area contributed by atoms with E-state index in [9.17, 15) is 4.39 Å². The van der Waals surface area contributed by atoms with E-state index in [1.165, 1.54) is 5.56 Å². The van der Waals surface area contributed by atoms with E-state index in [2.05, 4.69) is 39.6 Å². The molecule has 0 aliphatic carbocycles. The van der Waals surface area contributed by atoms with Crippen molar-refractivity contribution in [2.24, 2.45) is 0 Å². The Morgan fingerprint density at radius 1 is 1.35 bits per heavy atom. The van der Waals surface area contributed by atoms with Gasteiger partial charge in [-0.25, -0.2) is 4.39 Å². The van der Waals surface area contributed by atoms with Gasteiger partial charge in [0.1, 0.15) is 5.82 Å². The lowest BCUT2D eigenvalue weighted by atomic mass is 10.0. The molecule has 0 bridgehead atoms. The normalized spacial score (nSPS) is 12.7. The molecular formula is C15H16BrClFNS. The molecule has 0 amide bonds. The first-order valence-electron chi connectivity index (χ1n) is 6.53. The van der Waals surface area contributed by atoms with E-state index >= 15 is 0 Å². The second-order valence-electron chi connectivity index (χ2n) is 4.42. The van der Waals surface area contributed by atoms with Crippen molar-refractivity contribution in [3.05, 3.63) is 54.9 Å². The third kappa shape index (κ3) is 3.08. The Kier molecular flexibility index (Phi) is 5.61. The quantitative estimate of drug-likeness (QED) is 0.673. The highest BCUT2D eigenvalue weighted by atomic mass is 79.9. The topological polar surface area (TPSA) is 12.0 Å². The molecule has 1 unspecified atom stereocenters. The van der Waals surface area contributed by atoms with Crippen LogP contribution in [0.15, 0.2) is 28.1 Å². The highest BCUT2D eigenvalue weighted by Crippen LogP contribution is 2.36. The molecule has 1 aromatic carbocycles. The average Bonchev–Trinajstić information content (AvgIpc) is 2.91. The molecule has 0 aliphatic heterocycles. The van der Waals surface area contributed by atoms with Crippen molar-refractivity contribution in [2.45, 2.75) is 26.3 Å². The van der Waals surface area contributed by atoms with Crippen LogP contribution in [0.3, 0.4) is 0 Å². The zero-order chi connectivity index (χ0) is 14.7. The Labute approximate surface area is 136 Å². The van der Waals surface area contributed by atoms with Crippen LogP contribution in [0.4, 0.5) is 4.39 Å². The van der Waals surface area contributed by atoms with Crippen molar-refractivity contribution in [3.63, 3.8) is 0 Å². The second-order valence-corrected chi connectivity index (χ2v) is 6.60. The molecular weight excluding hydrogens is 361 g/mol. The summed E-state index contributed by atoms with van der Waals surface area (Å²) in [4.78, 5) is 1.16. The standard InChI is InChI=1S/C15H16BrClFNS/c1-3-9-7-8-20-15(9)14(19-4-2)10-5-6-11(16)12(17)13(10)18/h5-8,14,19H,3-4H2,1-2H3. The van der Waals surface area contributed by atoms with Crippen molar-refractivity contribution in [2.75, 3.05) is 6.54 Å². The summed E-state index contributed by atoms with van der Waals surface area (Å²) in [6.45, 7) is 4.89. The Balaban J connectivity index is 2.52. The van der Waals surface area contributed by atoms with Crippen LogP contribution in [0.1, 0.15) is 35.9 Å². The number of benzene rings is 1. The van der Waals surface area contributed by atoms with Crippen molar-refractivity contribution in [1.82, 2.24) is 5.32 Å². The van der Waals surface area contributed by atoms with E-state index in [4.69, 9.17) is 11.6 Å². The third-order valence-electron chi connectivity index (χ3n) is 3.21. The molecule has 0 saturated heterocycles. The molecule has 1 aromatic heterocycles. The van der Waals surface area contributed by atoms with Gasteiger partial charge in [0.2, 0.25) is 0 Å². The van der Waals surface area contributed by atoms with Crippen LogP contribution >= 0.6 is 38.9 Å². The summed E-state index contributed by atoms with van der Waals surface area (Å²) in [6, 6.07) is 5.53. The number of aryl methyl sites for hydroxylation is 1. The summed E-state index contributed by atoms with van der Waals surface area (Å²) < 4.78 is 15.0. The summed E-state index contributed by atoms with van der Waals surface area (Å²) in [5.74, 6) is -0.359. The number of thiophene rings is 1. The molecule has 20 heavy (non-hydrogen) atoms. The molecule has 1 atom stereocenters. The molecule has 0 aliphatic rings. The minimum absolute atomic E-state index is 0.139. The third-order valence-corrected chi connectivity index (χ3v) is 5.49. The Hall–Kier alpha value is -0.420. The van der Waals surface area contributed by atoms with Crippen LogP contribution in [0.2, 0.25) is 5.02 Å². The molecule has 1 nitrogen and oxygen atoms in total. The SMILES string of the molecule is CCNC(c1ccc(Br)c(Cl)c1F)c1sccc1CC. The van der Waals surface area contributed by atoms with Gasteiger partial charge < -0.3 is 5.32 Å². The van der Waals surface area contributed by atoms with E-state index < -0.39 is 0 Å². The van der Waals surface area contributed by atoms with Gasteiger partial charge in [0, 0.05) is 14.9 Å². The summed E-state index contributed by atoms with van der Waals surface area (Å²) in [5, 5.41) is 5.55. The second kappa shape index (κ2) is 7.03. The number of hydrogen-bond donors (Lipinski definition) is 1. The molecule has 2 rings (SSSR count). The first-order valence-corrected chi connectivity index (χ1v) is 8.58. The Bertz CT molecular complexity index is 600.